The lowest BCUT2D eigenvalue weighted by atomic mass is 10.1. The fraction of sp³-hybridized carbons (Fsp3) is 0.273. The van der Waals surface area contributed by atoms with E-state index in [4.69, 9.17) is 0 Å². The van der Waals surface area contributed by atoms with E-state index in [0.717, 1.165) is 16.6 Å². The molecule has 0 saturated carbocycles. The van der Waals surface area contributed by atoms with Crippen LogP contribution in [0.2, 0.25) is 0 Å². The second-order valence-corrected chi connectivity index (χ2v) is 3.63. The first-order valence-electron chi connectivity index (χ1n) is 4.56. The summed E-state index contributed by atoms with van der Waals surface area (Å²) in [5, 5.41) is 0.696. The van der Waals surface area contributed by atoms with Crippen molar-refractivity contribution >= 4 is 10.9 Å². The molecular weight excluding hydrogens is 176 g/mol. The number of aromatic amines is 1. The lowest BCUT2D eigenvalue weighted by molar-refractivity contribution is 1.05. The topological polar surface area (TPSA) is 45.8 Å². The molecule has 2 rings (SSSR count). The van der Waals surface area contributed by atoms with Gasteiger partial charge < -0.3 is 4.98 Å². The molecule has 0 unspecified atom stereocenters. The van der Waals surface area contributed by atoms with Crippen molar-refractivity contribution < 1.29 is 0 Å². The van der Waals surface area contributed by atoms with Crippen LogP contribution in [0.3, 0.4) is 0 Å². The molecule has 3 nitrogen and oxygen atoms in total. The SMILES string of the molecule is Cc1cc(C)c2c(=O)[nH]c(C)nc2c1. The van der Waals surface area contributed by atoms with Gasteiger partial charge in [0.2, 0.25) is 0 Å². The minimum Gasteiger partial charge on any atom is -0.310 e. The summed E-state index contributed by atoms with van der Waals surface area (Å²) in [5.41, 5.74) is 2.84. The molecule has 72 valence electrons. The van der Waals surface area contributed by atoms with Gasteiger partial charge in [0.15, 0.2) is 0 Å². The number of hydrogen-bond acceptors (Lipinski definition) is 2. The van der Waals surface area contributed by atoms with Gasteiger partial charge in [0.25, 0.3) is 5.56 Å². The average Bonchev–Trinajstić information content (AvgIpc) is 1.99. The molecule has 0 fully saturated rings. The number of benzene rings is 1. The van der Waals surface area contributed by atoms with Crippen LogP contribution in [0.5, 0.6) is 0 Å². The monoisotopic (exact) mass is 188 g/mol. The molecule has 14 heavy (non-hydrogen) atoms. The van der Waals surface area contributed by atoms with Crippen molar-refractivity contribution in [2.45, 2.75) is 20.8 Å². The number of rotatable bonds is 0. The molecule has 0 radical (unpaired) electrons. The molecule has 0 aliphatic rings. The van der Waals surface area contributed by atoms with E-state index in [1.165, 1.54) is 0 Å². The highest BCUT2D eigenvalue weighted by Crippen LogP contribution is 2.14. The van der Waals surface area contributed by atoms with Crippen molar-refractivity contribution in [1.29, 1.82) is 0 Å². The predicted molar refractivity (Wildman–Crippen MR) is 56.6 cm³/mol. The second-order valence-electron chi connectivity index (χ2n) is 3.63. The number of nitrogens with one attached hydrogen (secondary N) is 1. The molecular formula is C11H12N2O. The van der Waals surface area contributed by atoms with Crippen LogP contribution in [0.4, 0.5) is 0 Å². The van der Waals surface area contributed by atoms with E-state index in [2.05, 4.69) is 9.97 Å². The molecule has 0 aliphatic carbocycles. The van der Waals surface area contributed by atoms with Crippen LogP contribution in [-0.4, -0.2) is 9.97 Å². The third kappa shape index (κ3) is 1.31. The first kappa shape index (κ1) is 8.94. The highest BCUT2D eigenvalue weighted by atomic mass is 16.1. The summed E-state index contributed by atoms with van der Waals surface area (Å²) in [6.45, 7) is 5.73. The molecule has 0 aliphatic heterocycles. The predicted octanol–water partition coefficient (Wildman–Crippen LogP) is 1.85. The summed E-state index contributed by atoms with van der Waals surface area (Å²) in [7, 11) is 0. The quantitative estimate of drug-likeness (QED) is 0.685. The Hall–Kier alpha value is -1.64. The molecule has 1 aromatic carbocycles. The van der Waals surface area contributed by atoms with E-state index >= 15 is 0 Å². The summed E-state index contributed by atoms with van der Waals surface area (Å²) < 4.78 is 0. The van der Waals surface area contributed by atoms with Crippen molar-refractivity contribution in [1.82, 2.24) is 9.97 Å². The molecule has 0 atom stereocenters. The van der Waals surface area contributed by atoms with E-state index in [1.807, 2.05) is 26.0 Å². The zero-order valence-corrected chi connectivity index (χ0v) is 8.51. The molecule has 1 aromatic heterocycles. The smallest absolute Gasteiger partial charge is 0.259 e. The molecule has 1 heterocycles. The third-order valence-electron chi connectivity index (χ3n) is 2.27. The van der Waals surface area contributed by atoms with Gasteiger partial charge in [-0.2, -0.15) is 0 Å². The Kier molecular flexibility index (Phi) is 1.88. The van der Waals surface area contributed by atoms with Gasteiger partial charge in [0, 0.05) is 0 Å². The summed E-state index contributed by atoms with van der Waals surface area (Å²) in [6.07, 6.45) is 0. The third-order valence-corrected chi connectivity index (χ3v) is 2.27. The number of aryl methyl sites for hydroxylation is 3. The van der Waals surface area contributed by atoms with Crippen LogP contribution < -0.4 is 5.56 Å². The van der Waals surface area contributed by atoms with Crippen LogP contribution in [0.25, 0.3) is 10.9 Å². The molecule has 2 aromatic rings. The van der Waals surface area contributed by atoms with Crippen molar-refractivity contribution in [3.63, 3.8) is 0 Å². The van der Waals surface area contributed by atoms with E-state index in [1.54, 1.807) is 6.92 Å². The number of aromatic nitrogens is 2. The normalized spacial score (nSPS) is 10.8. The van der Waals surface area contributed by atoms with Gasteiger partial charge in [0.05, 0.1) is 10.9 Å². The first-order chi connectivity index (χ1) is 6.58. The minimum atomic E-state index is -0.0509. The van der Waals surface area contributed by atoms with Gasteiger partial charge in [-0.05, 0) is 38.0 Å². The lowest BCUT2D eigenvalue weighted by Crippen LogP contribution is -2.11. The van der Waals surface area contributed by atoms with E-state index in [9.17, 15) is 4.79 Å². The molecule has 0 saturated heterocycles. The second kappa shape index (κ2) is 2.94. The zero-order valence-electron chi connectivity index (χ0n) is 8.51. The van der Waals surface area contributed by atoms with Crippen molar-refractivity contribution in [3.8, 4) is 0 Å². The number of H-pyrrole nitrogens is 1. The summed E-state index contributed by atoms with van der Waals surface area (Å²) in [6, 6.07) is 3.93. The Morgan fingerprint density at radius 1 is 1.21 bits per heavy atom. The van der Waals surface area contributed by atoms with E-state index in [0.29, 0.717) is 11.2 Å². The molecule has 0 bridgehead atoms. The number of fused-ring (bicyclic) bond motifs is 1. The van der Waals surface area contributed by atoms with Crippen LogP contribution in [0, 0.1) is 20.8 Å². The van der Waals surface area contributed by atoms with Crippen molar-refractivity contribution in [3.05, 3.63) is 39.4 Å². The van der Waals surface area contributed by atoms with Gasteiger partial charge >= 0.3 is 0 Å². The van der Waals surface area contributed by atoms with Gasteiger partial charge in [-0.1, -0.05) is 6.07 Å². The van der Waals surface area contributed by atoms with Gasteiger partial charge in [-0.15, -0.1) is 0 Å². The molecule has 0 amide bonds. The maximum Gasteiger partial charge on any atom is 0.259 e. The summed E-state index contributed by atoms with van der Waals surface area (Å²) in [4.78, 5) is 18.6. The molecule has 1 N–H and O–H groups in total. The first-order valence-corrected chi connectivity index (χ1v) is 4.56. The lowest BCUT2D eigenvalue weighted by Gasteiger charge is -2.03. The summed E-state index contributed by atoms with van der Waals surface area (Å²) in [5.74, 6) is 0.660. The highest BCUT2D eigenvalue weighted by molar-refractivity contribution is 5.81. The van der Waals surface area contributed by atoms with Crippen LogP contribution in [0.15, 0.2) is 16.9 Å². The van der Waals surface area contributed by atoms with Crippen LogP contribution >= 0.6 is 0 Å². The minimum absolute atomic E-state index is 0.0509. The Balaban J connectivity index is 3.02. The van der Waals surface area contributed by atoms with Gasteiger partial charge in [0.1, 0.15) is 5.82 Å². The van der Waals surface area contributed by atoms with E-state index < -0.39 is 0 Å². The molecule has 0 spiro atoms. The Morgan fingerprint density at radius 3 is 2.64 bits per heavy atom. The standard InChI is InChI=1S/C11H12N2O/c1-6-4-7(2)10-9(5-6)12-8(3)13-11(10)14/h4-5H,1-3H3,(H,12,13,14). The van der Waals surface area contributed by atoms with Gasteiger partial charge in [-0.25, -0.2) is 4.98 Å². The fourth-order valence-corrected chi connectivity index (χ4v) is 1.76. The maximum atomic E-state index is 11.6. The highest BCUT2D eigenvalue weighted by Gasteiger charge is 2.04. The Bertz CT molecular complexity index is 550. The van der Waals surface area contributed by atoms with Crippen LogP contribution in [0.1, 0.15) is 17.0 Å². The van der Waals surface area contributed by atoms with Crippen molar-refractivity contribution in [2.75, 3.05) is 0 Å². The zero-order chi connectivity index (χ0) is 10.3. The van der Waals surface area contributed by atoms with E-state index in [-0.39, 0.29) is 5.56 Å². The maximum absolute atomic E-state index is 11.6. The number of nitrogens with zero attached hydrogens (tertiary/aromatic N) is 1. The fourth-order valence-electron chi connectivity index (χ4n) is 1.76. The number of hydrogen-bond donors (Lipinski definition) is 1. The van der Waals surface area contributed by atoms with Crippen LogP contribution in [-0.2, 0) is 0 Å². The summed E-state index contributed by atoms with van der Waals surface area (Å²) >= 11 is 0. The van der Waals surface area contributed by atoms with Gasteiger partial charge in [-0.3, -0.25) is 4.79 Å². The Labute approximate surface area is 81.8 Å². The average molecular weight is 188 g/mol. The Morgan fingerprint density at radius 2 is 1.93 bits per heavy atom. The largest absolute Gasteiger partial charge is 0.310 e. The molecule has 3 heteroatoms. The van der Waals surface area contributed by atoms with Crippen molar-refractivity contribution in [2.24, 2.45) is 0 Å².